The number of methoxy groups -OCH3 is 2. The maximum absolute atomic E-state index is 5.50. The molecule has 2 rings (SSSR count). The SMILES string of the molecule is COC1(OC)C=Cc2c(C)ccc(C)c21. The minimum atomic E-state index is -0.689. The molecule has 2 heteroatoms. The molecule has 0 fully saturated rings. The van der Waals surface area contributed by atoms with Crippen molar-refractivity contribution in [3.05, 3.63) is 40.5 Å². The van der Waals surface area contributed by atoms with E-state index in [1.165, 1.54) is 16.7 Å². The summed E-state index contributed by atoms with van der Waals surface area (Å²) in [6, 6.07) is 4.23. The van der Waals surface area contributed by atoms with Crippen LogP contribution in [0.3, 0.4) is 0 Å². The molecular weight excluding hydrogens is 188 g/mol. The second kappa shape index (κ2) is 3.47. The van der Waals surface area contributed by atoms with Gasteiger partial charge < -0.3 is 9.47 Å². The van der Waals surface area contributed by atoms with Crippen molar-refractivity contribution in [2.24, 2.45) is 0 Å². The number of hydrogen-bond acceptors (Lipinski definition) is 2. The van der Waals surface area contributed by atoms with Gasteiger partial charge in [0.1, 0.15) is 0 Å². The van der Waals surface area contributed by atoms with Crippen LogP contribution >= 0.6 is 0 Å². The van der Waals surface area contributed by atoms with E-state index in [0.29, 0.717) is 0 Å². The van der Waals surface area contributed by atoms with Crippen molar-refractivity contribution in [2.75, 3.05) is 14.2 Å². The topological polar surface area (TPSA) is 18.5 Å². The van der Waals surface area contributed by atoms with Gasteiger partial charge in [-0.2, -0.15) is 0 Å². The van der Waals surface area contributed by atoms with Crippen LogP contribution in [-0.4, -0.2) is 14.2 Å². The van der Waals surface area contributed by atoms with Gasteiger partial charge >= 0.3 is 0 Å². The van der Waals surface area contributed by atoms with E-state index < -0.39 is 5.79 Å². The van der Waals surface area contributed by atoms with Crippen LogP contribution in [0, 0.1) is 13.8 Å². The molecule has 0 spiro atoms. The molecule has 80 valence electrons. The van der Waals surface area contributed by atoms with E-state index in [9.17, 15) is 0 Å². The predicted octanol–water partition coefficient (Wildman–Crippen LogP) is 2.78. The fourth-order valence-electron chi connectivity index (χ4n) is 2.21. The van der Waals surface area contributed by atoms with Crippen LogP contribution < -0.4 is 0 Å². The van der Waals surface area contributed by atoms with Crippen LogP contribution in [0.25, 0.3) is 6.08 Å². The summed E-state index contributed by atoms with van der Waals surface area (Å²) in [5.74, 6) is -0.689. The third kappa shape index (κ3) is 1.33. The van der Waals surface area contributed by atoms with E-state index in [4.69, 9.17) is 9.47 Å². The number of benzene rings is 1. The predicted molar refractivity (Wildman–Crippen MR) is 60.6 cm³/mol. The largest absolute Gasteiger partial charge is 0.346 e. The highest BCUT2D eigenvalue weighted by Crippen LogP contribution is 2.40. The Labute approximate surface area is 90.5 Å². The summed E-state index contributed by atoms with van der Waals surface area (Å²) < 4.78 is 11.0. The highest BCUT2D eigenvalue weighted by molar-refractivity contribution is 5.68. The molecule has 1 aromatic carbocycles. The van der Waals surface area contributed by atoms with Gasteiger partial charge in [-0.1, -0.05) is 18.2 Å². The molecule has 0 saturated heterocycles. The van der Waals surface area contributed by atoms with Crippen molar-refractivity contribution in [3.8, 4) is 0 Å². The summed E-state index contributed by atoms with van der Waals surface area (Å²) in [6.45, 7) is 4.18. The fraction of sp³-hybridized carbons (Fsp3) is 0.385. The molecule has 15 heavy (non-hydrogen) atoms. The zero-order valence-electron chi connectivity index (χ0n) is 9.63. The number of hydrogen-bond donors (Lipinski definition) is 0. The summed E-state index contributed by atoms with van der Waals surface area (Å²) in [5, 5.41) is 0. The standard InChI is InChI=1S/C13H16O2/c1-9-5-6-10(2)12-11(9)7-8-13(12,14-3)15-4/h5-8H,1-4H3. The number of fused-ring (bicyclic) bond motifs is 1. The smallest absolute Gasteiger partial charge is 0.215 e. The van der Waals surface area contributed by atoms with E-state index in [-0.39, 0.29) is 0 Å². The third-order valence-electron chi connectivity index (χ3n) is 3.10. The molecule has 0 unspecified atom stereocenters. The van der Waals surface area contributed by atoms with Gasteiger partial charge in [0.05, 0.1) is 0 Å². The molecule has 0 amide bonds. The van der Waals surface area contributed by atoms with Crippen molar-refractivity contribution < 1.29 is 9.47 Å². The maximum atomic E-state index is 5.50. The van der Waals surface area contributed by atoms with Gasteiger partial charge in [0, 0.05) is 19.8 Å². The normalized spacial score (nSPS) is 16.8. The molecule has 1 aliphatic rings. The first-order valence-electron chi connectivity index (χ1n) is 5.05. The van der Waals surface area contributed by atoms with Gasteiger partial charge in [0.25, 0.3) is 0 Å². The molecule has 0 aromatic heterocycles. The summed E-state index contributed by atoms with van der Waals surface area (Å²) >= 11 is 0. The lowest BCUT2D eigenvalue weighted by Gasteiger charge is -2.27. The van der Waals surface area contributed by atoms with E-state index in [0.717, 1.165) is 5.56 Å². The number of rotatable bonds is 2. The third-order valence-corrected chi connectivity index (χ3v) is 3.10. The zero-order valence-corrected chi connectivity index (χ0v) is 9.63. The summed E-state index contributed by atoms with van der Waals surface area (Å²) in [6.07, 6.45) is 4.04. The molecule has 0 saturated carbocycles. The fourth-order valence-corrected chi connectivity index (χ4v) is 2.21. The molecule has 0 N–H and O–H groups in total. The monoisotopic (exact) mass is 204 g/mol. The molecule has 0 aliphatic heterocycles. The quantitative estimate of drug-likeness (QED) is 0.690. The lowest BCUT2D eigenvalue weighted by Crippen LogP contribution is -2.27. The van der Waals surface area contributed by atoms with Crippen LogP contribution in [0.1, 0.15) is 22.3 Å². The Balaban J connectivity index is 2.68. The average Bonchev–Trinajstić information content (AvgIpc) is 2.65. The Morgan fingerprint density at radius 3 is 2.20 bits per heavy atom. The van der Waals surface area contributed by atoms with E-state index in [1.54, 1.807) is 14.2 Å². The Kier molecular flexibility index (Phi) is 2.41. The van der Waals surface area contributed by atoms with E-state index in [1.807, 2.05) is 6.08 Å². The van der Waals surface area contributed by atoms with Gasteiger partial charge in [0.2, 0.25) is 5.79 Å². The minimum absolute atomic E-state index is 0.689. The van der Waals surface area contributed by atoms with Crippen LogP contribution in [0.4, 0.5) is 0 Å². The molecule has 0 atom stereocenters. The second-order valence-electron chi connectivity index (χ2n) is 3.90. The van der Waals surface area contributed by atoms with Crippen LogP contribution in [0.5, 0.6) is 0 Å². The zero-order chi connectivity index (χ0) is 11.1. The highest BCUT2D eigenvalue weighted by atomic mass is 16.7. The van der Waals surface area contributed by atoms with Crippen molar-refractivity contribution in [1.29, 1.82) is 0 Å². The molecule has 1 aliphatic carbocycles. The second-order valence-corrected chi connectivity index (χ2v) is 3.90. The average molecular weight is 204 g/mol. The summed E-state index contributed by atoms with van der Waals surface area (Å²) in [7, 11) is 3.34. The first kappa shape index (κ1) is 10.4. The first-order valence-corrected chi connectivity index (χ1v) is 5.05. The Hall–Kier alpha value is -1.12. The molecule has 0 heterocycles. The Bertz CT molecular complexity index is 415. The summed E-state index contributed by atoms with van der Waals surface area (Å²) in [5.41, 5.74) is 4.80. The molecule has 0 bridgehead atoms. The van der Waals surface area contributed by atoms with Crippen molar-refractivity contribution in [3.63, 3.8) is 0 Å². The lowest BCUT2D eigenvalue weighted by molar-refractivity contribution is -0.176. The van der Waals surface area contributed by atoms with Crippen molar-refractivity contribution in [1.82, 2.24) is 0 Å². The van der Waals surface area contributed by atoms with Crippen LogP contribution in [0.15, 0.2) is 18.2 Å². The van der Waals surface area contributed by atoms with Gasteiger partial charge in [-0.15, -0.1) is 0 Å². The number of aryl methyl sites for hydroxylation is 2. The van der Waals surface area contributed by atoms with Crippen LogP contribution in [0.2, 0.25) is 0 Å². The highest BCUT2D eigenvalue weighted by Gasteiger charge is 2.36. The summed E-state index contributed by atoms with van der Waals surface area (Å²) in [4.78, 5) is 0. The molecular formula is C13H16O2. The minimum Gasteiger partial charge on any atom is -0.346 e. The van der Waals surface area contributed by atoms with Crippen LogP contribution in [-0.2, 0) is 15.3 Å². The molecule has 2 nitrogen and oxygen atoms in total. The first-order chi connectivity index (χ1) is 7.14. The van der Waals surface area contributed by atoms with E-state index >= 15 is 0 Å². The van der Waals surface area contributed by atoms with Crippen molar-refractivity contribution in [2.45, 2.75) is 19.6 Å². The Morgan fingerprint density at radius 2 is 1.60 bits per heavy atom. The van der Waals surface area contributed by atoms with Gasteiger partial charge in [-0.25, -0.2) is 0 Å². The number of ether oxygens (including phenoxy) is 2. The van der Waals surface area contributed by atoms with Crippen molar-refractivity contribution >= 4 is 6.08 Å². The molecule has 0 radical (unpaired) electrons. The maximum Gasteiger partial charge on any atom is 0.215 e. The van der Waals surface area contributed by atoms with Gasteiger partial charge in [0.15, 0.2) is 0 Å². The van der Waals surface area contributed by atoms with Gasteiger partial charge in [-0.3, -0.25) is 0 Å². The lowest BCUT2D eigenvalue weighted by atomic mass is 9.96. The van der Waals surface area contributed by atoms with E-state index in [2.05, 4.69) is 32.1 Å². The molecule has 1 aromatic rings. The van der Waals surface area contributed by atoms with Gasteiger partial charge in [-0.05, 0) is 36.6 Å². The Morgan fingerprint density at radius 1 is 1.00 bits per heavy atom.